The van der Waals surface area contributed by atoms with Gasteiger partial charge in [-0.05, 0) is 42.7 Å². The van der Waals surface area contributed by atoms with Crippen LogP contribution in [-0.2, 0) is 0 Å². The third-order valence-corrected chi connectivity index (χ3v) is 4.31. The Bertz CT molecular complexity index is 643. The summed E-state index contributed by atoms with van der Waals surface area (Å²) < 4.78 is 0. The van der Waals surface area contributed by atoms with E-state index in [4.69, 9.17) is 28.9 Å². The normalized spacial score (nSPS) is 14.0. The summed E-state index contributed by atoms with van der Waals surface area (Å²) in [4.78, 5) is 0. The molecule has 2 aromatic rings. The fourth-order valence-corrected chi connectivity index (χ4v) is 3.07. The number of halogens is 2. The average molecular weight is 324 g/mol. The van der Waals surface area contributed by atoms with Crippen LogP contribution in [0.4, 0.5) is 0 Å². The molecule has 0 heterocycles. The van der Waals surface area contributed by atoms with Crippen LogP contribution in [0.25, 0.3) is 0 Å². The zero-order chi connectivity index (χ0) is 15.6. The van der Waals surface area contributed by atoms with Crippen LogP contribution in [-0.4, -0.2) is 11.7 Å². The number of aliphatic hydroxyl groups is 1. The van der Waals surface area contributed by atoms with E-state index >= 15 is 0 Å². The highest BCUT2D eigenvalue weighted by Crippen LogP contribution is 2.36. The molecule has 0 fully saturated rings. The molecule has 21 heavy (non-hydrogen) atoms. The van der Waals surface area contributed by atoms with Crippen molar-refractivity contribution in [2.24, 2.45) is 5.73 Å². The second-order valence-electron chi connectivity index (χ2n) is 5.31. The van der Waals surface area contributed by atoms with Crippen LogP contribution in [0.3, 0.4) is 0 Å². The summed E-state index contributed by atoms with van der Waals surface area (Å²) in [5.41, 5.74) is 9.73. The Kier molecular flexibility index (Phi) is 5.28. The molecular formula is C17H19Cl2NO. The van der Waals surface area contributed by atoms with Crippen LogP contribution in [0, 0.1) is 13.8 Å². The molecule has 112 valence electrons. The van der Waals surface area contributed by atoms with Gasteiger partial charge in [0.25, 0.3) is 0 Å². The molecular weight excluding hydrogens is 305 g/mol. The monoisotopic (exact) mass is 323 g/mol. The first-order chi connectivity index (χ1) is 9.93. The molecule has 2 unspecified atom stereocenters. The standard InChI is InChI=1S/C17H19Cl2NO/c1-10-3-4-11(2)14(7-10)17(21)15(9-20)13-6-5-12(18)8-16(13)19/h3-8,15,17,21H,9,20H2,1-2H3. The molecule has 2 rings (SSSR count). The Hall–Kier alpha value is -1.06. The maximum absolute atomic E-state index is 10.8. The number of benzene rings is 2. The molecule has 0 spiro atoms. The number of aliphatic hydroxyl groups excluding tert-OH is 1. The predicted molar refractivity (Wildman–Crippen MR) is 89.1 cm³/mol. The number of hydrogen-bond acceptors (Lipinski definition) is 2. The fourth-order valence-electron chi connectivity index (χ4n) is 2.52. The Morgan fingerprint density at radius 2 is 1.76 bits per heavy atom. The van der Waals surface area contributed by atoms with E-state index in [0.29, 0.717) is 16.6 Å². The highest BCUT2D eigenvalue weighted by molar-refractivity contribution is 6.35. The SMILES string of the molecule is Cc1ccc(C)c(C(O)C(CN)c2ccc(Cl)cc2Cl)c1. The Morgan fingerprint density at radius 1 is 1.05 bits per heavy atom. The molecule has 0 radical (unpaired) electrons. The van der Waals surface area contributed by atoms with Gasteiger partial charge >= 0.3 is 0 Å². The summed E-state index contributed by atoms with van der Waals surface area (Å²) in [5, 5.41) is 11.9. The average Bonchev–Trinajstić information content (AvgIpc) is 2.44. The number of hydrogen-bond donors (Lipinski definition) is 2. The molecule has 3 N–H and O–H groups in total. The van der Waals surface area contributed by atoms with E-state index < -0.39 is 6.10 Å². The maximum Gasteiger partial charge on any atom is 0.0873 e. The first-order valence-electron chi connectivity index (χ1n) is 6.84. The van der Waals surface area contributed by atoms with Crippen molar-refractivity contribution < 1.29 is 5.11 Å². The highest BCUT2D eigenvalue weighted by atomic mass is 35.5. The summed E-state index contributed by atoms with van der Waals surface area (Å²) in [6, 6.07) is 11.3. The number of nitrogens with two attached hydrogens (primary N) is 1. The van der Waals surface area contributed by atoms with Gasteiger partial charge in [-0.3, -0.25) is 0 Å². The highest BCUT2D eigenvalue weighted by Gasteiger charge is 2.25. The molecule has 0 amide bonds. The van der Waals surface area contributed by atoms with Gasteiger partial charge in [-0.15, -0.1) is 0 Å². The van der Waals surface area contributed by atoms with Crippen LogP contribution < -0.4 is 5.73 Å². The molecule has 0 aliphatic carbocycles. The van der Waals surface area contributed by atoms with Crippen molar-refractivity contribution in [2.75, 3.05) is 6.54 Å². The lowest BCUT2D eigenvalue weighted by molar-refractivity contribution is 0.146. The van der Waals surface area contributed by atoms with Crippen molar-refractivity contribution in [3.05, 3.63) is 68.7 Å². The van der Waals surface area contributed by atoms with E-state index in [0.717, 1.165) is 22.3 Å². The van der Waals surface area contributed by atoms with E-state index in [9.17, 15) is 5.11 Å². The van der Waals surface area contributed by atoms with Crippen LogP contribution in [0.1, 0.15) is 34.3 Å². The quantitative estimate of drug-likeness (QED) is 0.876. The van der Waals surface area contributed by atoms with E-state index in [2.05, 4.69) is 0 Å². The molecule has 2 nitrogen and oxygen atoms in total. The summed E-state index contributed by atoms with van der Waals surface area (Å²) in [7, 11) is 0. The molecule has 2 atom stereocenters. The van der Waals surface area contributed by atoms with Crippen LogP contribution in [0.2, 0.25) is 10.0 Å². The largest absolute Gasteiger partial charge is 0.388 e. The summed E-state index contributed by atoms with van der Waals surface area (Å²) in [6.07, 6.45) is -0.700. The summed E-state index contributed by atoms with van der Waals surface area (Å²) in [6.45, 7) is 4.29. The Labute approximate surface area is 135 Å². The van der Waals surface area contributed by atoms with Gasteiger partial charge < -0.3 is 10.8 Å². The summed E-state index contributed by atoms with van der Waals surface area (Å²) in [5.74, 6) is -0.268. The van der Waals surface area contributed by atoms with Crippen molar-refractivity contribution in [3.8, 4) is 0 Å². The van der Waals surface area contributed by atoms with E-state index in [1.807, 2.05) is 38.1 Å². The van der Waals surface area contributed by atoms with Gasteiger partial charge in [-0.25, -0.2) is 0 Å². The van der Waals surface area contributed by atoms with Crippen molar-refractivity contribution in [1.29, 1.82) is 0 Å². The lowest BCUT2D eigenvalue weighted by atomic mass is 9.87. The van der Waals surface area contributed by atoms with Crippen molar-refractivity contribution in [3.63, 3.8) is 0 Å². The lowest BCUT2D eigenvalue weighted by Gasteiger charge is -2.25. The zero-order valence-corrected chi connectivity index (χ0v) is 13.6. The van der Waals surface area contributed by atoms with Crippen LogP contribution in [0.15, 0.2) is 36.4 Å². The molecule has 0 aliphatic rings. The van der Waals surface area contributed by atoms with Crippen LogP contribution in [0.5, 0.6) is 0 Å². The van der Waals surface area contributed by atoms with Gasteiger partial charge in [0, 0.05) is 22.5 Å². The van der Waals surface area contributed by atoms with Crippen LogP contribution >= 0.6 is 23.2 Å². The van der Waals surface area contributed by atoms with Gasteiger partial charge in [-0.2, -0.15) is 0 Å². The van der Waals surface area contributed by atoms with Gasteiger partial charge in [0.1, 0.15) is 0 Å². The third kappa shape index (κ3) is 3.58. The minimum atomic E-state index is -0.700. The second kappa shape index (κ2) is 6.80. The fraction of sp³-hybridized carbons (Fsp3) is 0.294. The third-order valence-electron chi connectivity index (χ3n) is 3.75. The smallest absolute Gasteiger partial charge is 0.0873 e. The molecule has 4 heteroatoms. The van der Waals surface area contributed by atoms with Crippen molar-refractivity contribution >= 4 is 23.2 Å². The van der Waals surface area contributed by atoms with Gasteiger partial charge in [0.2, 0.25) is 0 Å². The molecule has 2 aromatic carbocycles. The first kappa shape index (κ1) is 16.3. The van der Waals surface area contributed by atoms with E-state index in [1.54, 1.807) is 12.1 Å². The van der Waals surface area contributed by atoms with E-state index in [1.165, 1.54) is 0 Å². The molecule has 0 saturated carbocycles. The minimum absolute atomic E-state index is 0.268. The lowest BCUT2D eigenvalue weighted by Crippen LogP contribution is -2.21. The van der Waals surface area contributed by atoms with E-state index in [-0.39, 0.29) is 5.92 Å². The zero-order valence-electron chi connectivity index (χ0n) is 12.1. The topological polar surface area (TPSA) is 46.2 Å². The Balaban J connectivity index is 2.43. The van der Waals surface area contributed by atoms with Gasteiger partial charge in [0.05, 0.1) is 6.10 Å². The predicted octanol–water partition coefficient (Wildman–Crippen LogP) is 4.39. The molecule has 0 aliphatic heterocycles. The number of rotatable bonds is 4. The van der Waals surface area contributed by atoms with Crippen molar-refractivity contribution in [2.45, 2.75) is 25.9 Å². The Morgan fingerprint density at radius 3 is 2.38 bits per heavy atom. The minimum Gasteiger partial charge on any atom is -0.388 e. The first-order valence-corrected chi connectivity index (χ1v) is 7.60. The molecule has 0 bridgehead atoms. The molecule has 0 saturated heterocycles. The van der Waals surface area contributed by atoms with Gasteiger partial charge in [-0.1, -0.05) is 53.0 Å². The number of aryl methyl sites for hydroxylation is 2. The summed E-state index contributed by atoms with van der Waals surface area (Å²) >= 11 is 12.2. The van der Waals surface area contributed by atoms with Gasteiger partial charge in [0.15, 0.2) is 0 Å². The van der Waals surface area contributed by atoms with Crippen molar-refractivity contribution in [1.82, 2.24) is 0 Å². The second-order valence-corrected chi connectivity index (χ2v) is 6.16. The molecule has 0 aromatic heterocycles. The maximum atomic E-state index is 10.8.